The summed E-state index contributed by atoms with van der Waals surface area (Å²) in [6.45, 7) is 5.68. The highest BCUT2D eigenvalue weighted by molar-refractivity contribution is 7.92. The number of hydrogen-bond donors (Lipinski definition) is 1. The molecule has 1 N–H and O–H groups in total. The number of rotatable bonds is 4. The first-order valence-electron chi connectivity index (χ1n) is 5.37. The van der Waals surface area contributed by atoms with Gasteiger partial charge in [-0.1, -0.05) is 32.9 Å². The summed E-state index contributed by atoms with van der Waals surface area (Å²) in [4.78, 5) is 0. The van der Waals surface area contributed by atoms with E-state index in [1.54, 1.807) is 12.1 Å². The Bertz CT molecular complexity index is 460. The van der Waals surface area contributed by atoms with Crippen molar-refractivity contribution in [3.05, 3.63) is 29.8 Å². The molecule has 0 radical (unpaired) electrons. The molecule has 96 valence electrons. The monoisotopic (exact) mass is 275 g/mol. The van der Waals surface area contributed by atoms with E-state index in [0.717, 1.165) is 5.56 Å². The smallest absolute Gasteiger partial charge is 0.233 e. The fourth-order valence-electron chi connectivity index (χ4n) is 1.45. The van der Waals surface area contributed by atoms with Gasteiger partial charge in [0.1, 0.15) is 0 Å². The second-order valence-corrected chi connectivity index (χ2v) is 7.24. The molecule has 0 saturated heterocycles. The van der Waals surface area contributed by atoms with Gasteiger partial charge in [0.25, 0.3) is 0 Å². The number of halogens is 1. The second kappa shape index (κ2) is 5.27. The van der Waals surface area contributed by atoms with Crippen molar-refractivity contribution in [2.24, 2.45) is 5.41 Å². The molecule has 0 fully saturated rings. The predicted molar refractivity (Wildman–Crippen MR) is 72.9 cm³/mol. The summed E-state index contributed by atoms with van der Waals surface area (Å²) in [7, 11) is -3.29. The first kappa shape index (κ1) is 14.3. The molecule has 17 heavy (non-hydrogen) atoms. The Kier molecular flexibility index (Phi) is 4.44. The van der Waals surface area contributed by atoms with E-state index >= 15 is 0 Å². The molecule has 0 bridgehead atoms. The molecule has 1 aromatic rings. The average molecular weight is 276 g/mol. The van der Waals surface area contributed by atoms with Gasteiger partial charge in [-0.25, -0.2) is 8.42 Å². The van der Waals surface area contributed by atoms with Gasteiger partial charge >= 0.3 is 0 Å². The van der Waals surface area contributed by atoms with Gasteiger partial charge in [-0.3, -0.25) is 4.72 Å². The minimum absolute atomic E-state index is 0.0945. The van der Waals surface area contributed by atoms with Gasteiger partial charge in [0.05, 0.1) is 5.75 Å². The Morgan fingerprint density at radius 3 is 2.12 bits per heavy atom. The fraction of sp³-hybridized carbons (Fsp3) is 0.500. The molecule has 3 nitrogen and oxygen atoms in total. The summed E-state index contributed by atoms with van der Waals surface area (Å²) < 4.78 is 26.2. The predicted octanol–water partition coefficient (Wildman–Crippen LogP) is 3.21. The number of nitrogens with one attached hydrogen (secondary N) is 1. The first-order valence-corrected chi connectivity index (χ1v) is 7.56. The third-order valence-corrected chi connectivity index (χ3v) is 4.11. The van der Waals surface area contributed by atoms with Crippen LogP contribution < -0.4 is 4.72 Å². The van der Waals surface area contributed by atoms with Gasteiger partial charge in [-0.05, 0) is 23.1 Å². The maximum absolute atomic E-state index is 11.8. The molecule has 0 aliphatic rings. The molecule has 0 spiro atoms. The third kappa shape index (κ3) is 5.41. The Hall–Kier alpha value is -0.740. The lowest BCUT2D eigenvalue weighted by atomic mass is 10.0. The molecule has 5 heteroatoms. The normalized spacial score (nSPS) is 12.5. The fourth-order valence-corrected chi connectivity index (χ4v) is 3.33. The average Bonchev–Trinajstić information content (AvgIpc) is 2.14. The molecule has 0 aliphatic carbocycles. The van der Waals surface area contributed by atoms with E-state index < -0.39 is 10.0 Å². The Labute approximate surface area is 108 Å². The van der Waals surface area contributed by atoms with Crippen molar-refractivity contribution >= 4 is 27.3 Å². The summed E-state index contributed by atoms with van der Waals surface area (Å²) >= 11 is 5.66. The van der Waals surface area contributed by atoms with Crippen LogP contribution in [-0.2, 0) is 15.9 Å². The molecular weight excluding hydrogens is 258 g/mol. The Morgan fingerprint density at radius 1 is 1.18 bits per heavy atom. The van der Waals surface area contributed by atoms with E-state index in [1.165, 1.54) is 0 Å². The van der Waals surface area contributed by atoms with E-state index in [1.807, 2.05) is 32.9 Å². The highest BCUT2D eigenvalue weighted by Gasteiger charge is 2.21. The van der Waals surface area contributed by atoms with E-state index in [4.69, 9.17) is 11.6 Å². The van der Waals surface area contributed by atoms with Gasteiger partial charge in [0.2, 0.25) is 10.0 Å². The van der Waals surface area contributed by atoms with Crippen molar-refractivity contribution in [2.75, 3.05) is 10.5 Å². The number of benzene rings is 1. The molecule has 1 rings (SSSR count). The number of anilines is 1. The van der Waals surface area contributed by atoms with E-state index in [-0.39, 0.29) is 11.2 Å². The van der Waals surface area contributed by atoms with Crippen LogP contribution in [0.3, 0.4) is 0 Å². The zero-order valence-electron chi connectivity index (χ0n) is 10.3. The summed E-state index contributed by atoms with van der Waals surface area (Å²) in [5.74, 6) is 0.520. The van der Waals surface area contributed by atoms with Gasteiger partial charge in [-0.15, -0.1) is 11.6 Å². The molecule has 0 atom stereocenters. The number of alkyl halides is 1. The highest BCUT2D eigenvalue weighted by atomic mass is 35.5. The minimum Gasteiger partial charge on any atom is -0.284 e. The Balaban J connectivity index is 2.76. The van der Waals surface area contributed by atoms with Gasteiger partial charge in [0, 0.05) is 11.6 Å². The lowest BCUT2D eigenvalue weighted by molar-refractivity contribution is 0.463. The van der Waals surface area contributed by atoms with Crippen molar-refractivity contribution in [3.63, 3.8) is 0 Å². The number of hydrogen-bond acceptors (Lipinski definition) is 2. The zero-order chi connectivity index (χ0) is 13.1. The van der Waals surface area contributed by atoms with Crippen LogP contribution in [0, 0.1) is 5.41 Å². The highest BCUT2D eigenvalue weighted by Crippen LogP contribution is 2.19. The topological polar surface area (TPSA) is 46.2 Å². The van der Waals surface area contributed by atoms with Crippen molar-refractivity contribution in [2.45, 2.75) is 26.7 Å². The van der Waals surface area contributed by atoms with Crippen LogP contribution in [0.2, 0.25) is 0 Å². The molecule has 0 aliphatic heterocycles. The zero-order valence-corrected chi connectivity index (χ0v) is 11.9. The molecule has 0 amide bonds. The van der Waals surface area contributed by atoms with Crippen LogP contribution in [0.1, 0.15) is 26.3 Å². The van der Waals surface area contributed by atoms with Crippen LogP contribution in [-0.4, -0.2) is 14.2 Å². The molecule has 0 heterocycles. The molecule has 1 aromatic carbocycles. The molecule has 0 aromatic heterocycles. The van der Waals surface area contributed by atoms with E-state index in [0.29, 0.717) is 11.6 Å². The quantitative estimate of drug-likeness (QED) is 0.858. The van der Waals surface area contributed by atoms with E-state index in [2.05, 4.69) is 4.72 Å². The Morgan fingerprint density at radius 2 is 1.71 bits per heavy atom. The van der Waals surface area contributed by atoms with Crippen LogP contribution in [0.4, 0.5) is 5.69 Å². The van der Waals surface area contributed by atoms with Gasteiger partial charge in [0.15, 0.2) is 0 Å². The number of sulfonamides is 1. The summed E-state index contributed by atoms with van der Waals surface area (Å²) in [5, 5.41) is 0. The van der Waals surface area contributed by atoms with Crippen molar-refractivity contribution in [1.29, 1.82) is 0 Å². The maximum Gasteiger partial charge on any atom is 0.233 e. The van der Waals surface area contributed by atoms with E-state index in [9.17, 15) is 8.42 Å². The lowest BCUT2D eigenvalue weighted by Crippen LogP contribution is -2.26. The largest absolute Gasteiger partial charge is 0.284 e. The van der Waals surface area contributed by atoms with Crippen molar-refractivity contribution in [3.8, 4) is 0 Å². The summed E-state index contributed by atoms with van der Waals surface area (Å²) in [5.41, 5.74) is 1.27. The lowest BCUT2D eigenvalue weighted by Gasteiger charge is -2.18. The first-order chi connectivity index (χ1) is 7.72. The third-order valence-electron chi connectivity index (χ3n) is 2.00. The van der Waals surface area contributed by atoms with Gasteiger partial charge in [-0.2, -0.15) is 0 Å². The minimum atomic E-state index is -3.29. The van der Waals surface area contributed by atoms with Crippen LogP contribution >= 0.6 is 11.6 Å². The SMILES string of the molecule is CC(C)(C)CS(=O)(=O)Nc1ccc(CCl)cc1. The summed E-state index contributed by atoms with van der Waals surface area (Å²) in [6, 6.07) is 7.06. The molecular formula is C12H18ClNO2S. The van der Waals surface area contributed by atoms with Crippen molar-refractivity contribution < 1.29 is 8.42 Å². The van der Waals surface area contributed by atoms with Gasteiger partial charge < -0.3 is 0 Å². The van der Waals surface area contributed by atoms with Crippen molar-refractivity contribution in [1.82, 2.24) is 0 Å². The van der Waals surface area contributed by atoms with Crippen LogP contribution in [0.15, 0.2) is 24.3 Å². The molecule has 0 unspecified atom stereocenters. The summed E-state index contributed by atoms with van der Waals surface area (Å²) in [6.07, 6.45) is 0. The molecule has 0 saturated carbocycles. The second-order valence-electron chi connectivity index (χ2n) is 5.25. The van der Waals surface area contributed by atoms with Crippen LogP contribution in [0.5, 0.6) is 0 Å². The van der Waals surface area contributed by atoms with Crippen LogP contribution in [0.25, 0.3) is 0 Å². The maximum atomic E-state index is 11.8. The standard InChI is InChI=1S/C12H18ClNO2S/c1-12(2,3)9-17(15,16)14-11-6-4-10(8-13)5-7-11/h4-7,14H,8-9H2,1-3H3.